The molecule has 0 saturated carbocycles. The number of ether oxygens (including phenoxy) is 1. The summed E-state index contributed by atoms with van der Waals surface area (Å²) in [5.74, 6) is -0.155. The van der Waals surface area contributed by atoms with E-state index < -0.39 is 15.9 Å². The number of likely N-dealkylation sites (tertiary alicyclic amines) is 1. The summed E-state index contributed by atoms with van der Waals surface area (Å²) in [5.41, 5.74) is 2.90. The van der Waals surface area contributed by atoms with Gasteiger partial charge in [0.15, 0.2) is 0 Å². The van der Waals surface area contributed by atoms with Crippen molar-refractivity contribution in [2.75, 3.05) is 32.1 Å². The van der Waals surface area contributed by atoms with Gasteiger partial charge in [0.25, 0.3) is 0 Å². The molecule has 0 spiro atoms. The number of hydrogen-bond donors (Lipinski definition) is 1. The van der Waals surface area contributed by atoms with Crippen LogP contribution in [-0.2, 0) is 32.6 Å². The summed E-state index contributed by atoms with van der Waals surface area (Å²) >= 11 is 0. The summed E-state index contributed by atoms with van der Waals surface area (Å²) < 4.78 is 34.0. The molecule has 0 unspecified atom stereocenters. The van der Waals surface area contributed by atoms with Crippen LogP contribution >= 0.6 is 0 Å². The Morgan fingerprint density at radius 1 is 0.947 bits per heavy atom. The van der Waals surface area contributed by atoms with Crippen LogP contribution in [0.1, 0.15) is 29.5 Å². The van der Waals surface area contributed by atoms with Gasteiger partial charge in [-0.05, 0) is 60.7 Å². The number of aryl methyl sites for hydroxylation is 1. The van der Waals surface area contributed by atoms with Gasteiger partial charge in [-0.15, -0.1) is 0 Å². The number of methoxy groups -OCH3 is 1. The molecule has 1 aliphatic rings. The van der Waals surface area contributed by atoms with Crippen LogP contribution < -0.4 is 10.1 Å². The van der Waals surface area contributed by atoms with Crippen LogP contribution in [0.5, 0.6) is 5.75 Å². The Morgan fingerprint density at radius 3 is 2.29 bits per heavy atom. The molecule has 1 heterocycles. The third kappa shape index (κ3) is 6.79. The third-order valence-electron chi connectivity index (χ3n) is 6.51. The second-order valence-corrected chi connectivity index (χ2v) is 11.3. The summed E-state index contributed by atoms with van der Waals surface area (Å²) in [7, 11) is -2.66. The minimum atomic E-state index is -4.07. The first-order valence-electron chi connectivity index (χ1n) is 12.6. The molecule has 4 rings (SSSR count). The number of hydrogen-bond acceptors (Lipinski definition) is 5. The summed E-state index contributed by atoms with van der Waals surface area (Å²) in [6.07, 6.45) is 2.41. The van der Waals surface area contributed by atoms with Crippen LogP contribution in [0, 0.1) is 6.92 Å². The third-order valence-corrected chi connectivity index (χ3v) is 8.32. The van der Waals surface area contributed by atoms with Gasteiger partial charge in [0, 0.05) is 25.3 Å². The molecule has 0 aromatic heterocycles. The van der Waals surface area contributed by atoms with Gasteiger partial charge < -0.3 is 15.0 Å². The van der Waals surface area contributed by atoms with Crippen LogP contribution in [0.4, 0.5) is 5.69 Å². The molecular formula is C29H33N3O5S. The Morgan fingerprint density at radius 2 is 1.63 bits per heavy atom. The quantitative estimate of drug-likeness (QED) is 0.423. The fourth-order valence-electron chi connectivity index (χ4n) is 4.46. The second-order valence-electron chi connectivity index (χ2n) is 9.42. The molecule has 9 heteroatoms. The molecule has 3 aromatic rings. The highest BCUT2D eigenvalue weighted by Crippen LogP contribution is 2.29. The fourth-order valence-corrected chi connectivity index (χ4v) is 6.08. The Labute approximate surface area is 224 Å². The van der Waals surface area contributed by atoms with Gasteiger partial charge in [-0.1, -0.05) is 48.5 Å². The molecule has 38 heavy (non-hydrogen) atoms. The predicted molar refractivity (Wildman–Crippen MR) is 146 cm³/mol. The smallest absolute Gasteiger partial charge is 0.247 e. The van der Waals surface area contributed by atoms with Gasteiger partial charge in [0.05, 0.1) is 20.1 Å². The van der Waals surface area contributed by atoms with E-state index in [1.165, 1.54) is 7.11 Å². The Bertz CT molecular complexity index is 1370. The number of carbonyl (C=O) groups excluding carboxylic acids is 2. The number of carbonyl (C=O) groups is 2. The van der Waals surface area contributed by atoms with E-state index in [0.717, 1.165) is 46.9 Å². The zero-order valence-corrected chi connectivity index (χ0v) is 22.5. The van der Waals surface area contributed by atoms with Crippen molar-refractivity contribution < 1.29 is 22.7 Å². The van der Waals surface area contributed by atoms with E-state index in [9.17, 15) is 18.0 Å². The molecule has 0 radical (unpaired) electrons. The normalized spacial score (nSPS) is 13.5. The lowest BCUT2D eigenvalue weighted by atomic mass is 10.1. The van der Waals surface area contributed by atoms with Crippen molar-refractivity contribution in [3.05, 3.63) is 89.5 Å². The second kappa shape index (κ2) is 12.2. The molecule has 0 aliphatic carbocycles. The van der Waals surface area contributed by atoms with Crippen molar-refractivity contribution in [3.63, 3.8) is 0 Å². The lowest BCUT2D eigenvalue weighted by molar-refractivity contribution is -0.129. The van der Waals surface area contributed by atoms with Crippen LogP contribution in [0.25, 0.3) is 0 Å². The Balaban J connectivity index is 1.49. The van der Waals surface area contributed by atoms with Gasteiger partial charge in [-0.3, -0.25) is 9.59 Å². The maximum Gasteiger partial charge on any atom is 0.247 e. The van der Waals surface area contributed by atoms with Crippen molar-refractivity contribution in [2.45, 2.75) is 37.6 Å². The number of rotatable bonds is 10. The Hall–Kier alpha value is -3.69. The van der Waals surface area contributed by atoms with Crippen LogP contribution in [-0.4, -0.2) is 56.2 Å². The fraction of sp³-hybridized carbons (Fsp3) is 0.310. The van der Waals surface area contributed by atoms with Gasteiger partial charge in [0.1, 0.15) is 10.6 Å². The molecule has 8 nitrogen and oxygen atoms in total. The molecule has 1 fully saturated rings. The summed E-state index contributed by atoms with van der Waals surface area (Å²) in [4.78, 5) is 27.3. The summed E-state index contributed by atoms with van der Waals surface area (Å²) in [5, 5.41) is 2.79. The number of benzene rings is 3. The standard InChI is InChI=1S/C29H33N3O5S/c1-22-10-15-26(37-2)27(18-22)38(35,36)32(20-24-8-4-3-5-9-24)21-28(33)30-25-13-11-23(12-14-25)19-29(34)31-16-6-7-17-31/h3-5,8-15,18H,6-7,16-17,19-21H2,1-2H3,(H,30,33). The van der Waals surface area contributed by atoms with E-state index in [1.807, 2.05) is 35.2 Å². The van der Waals surface area contributed by atoms with E-state index in [0.29, 0.717) is 12.1 Å². The molecule has 3 aromatic carbocycles. The number of sulfonamides is 1. The average Bonchev–Trinajstić information content (AvgIpc) is 3.45. The number of nitrogens with zero attached hydrogens (tertiary/aromatic N) is 2. The molecular weight excluding hydrogens is 502 g/mol. The predicted octanol–water partition coefficient (Wildman–Crippen LogP) is 4.00. The molecule has 2 amide bonds. The molecule has 1 aliphatic heterocycles. The van der Waals surface area contributed by atoms with Crippen LogP contribution in [0.2, 0.25) is 0 Å². The SMILES string of the molecule is COc1ccc(C)cc1S(=O)(=O)N(CC(=O)Nc1ccc(CC(=O)N2CCCC2)cc1)Cc1ccccc1. The average molecular weight is 536 g/mol. The van der Waals surface area contributed by atoms with Crippen molar-refractivity contribution in [3.8, 4) is 5.75 Å². The number of amides is 2. The molecule has 1 N–H and O–H groups in total. The van der Waals surface area contributed by atoms with Gasteiger partial charge in [-0.2, -0.15) is 4.31 Å². The number of nitrogens with one attached hydrogen (secondary N) is 1. The van der Waals surface area contributed by atoms with Crippen molar-refractivity contribution in [1.29, 1.82) is 0 Å². The van der Waals surface area contributed by atoms with Gasteiger partial charge >= 0.3 is 0 Å². The maximum atomic E-state index is 13.7. The van der Waals surface area contributed by atoms with Gasteiger partial charge in [-0.25, -0.2) is 8.42 Å². The largest absolute Gasteiger partial charge is 0.495 e. The lowest BCUT2D eigenvalue weighted by Gasteiger charge is -2.23. The first-order chi connectivity index (χ1) is 18.3. The topological polar surface area (TPSA) is 96.0 Å². The maximum absolute atomic E-state index is 13.7. The zero-order valence-electron chi connectivity index (χ0n) is 21.7. The summed E-state index contributed by atoms with van der Waals surface area (Å²) in [6.45, 7) is 3.05. The first kappa shape index (κ1) is 27.3. The zero-order chi connectivity index (χ0) is 27.1. The van der Waals surface area contributed by atoms with E-state index in [4.69, 9.17) is 4.74 Å². The summed E-state index contributed by atoms with van der Waals surface area (Å²) in [6, 6.07) is 21.1. The van der Waals surface area contributed by atoms with E-state index in [1.54, 1.807) is 49.4 Å². The van der Waals surface area contributed by atoms with Crippen LogP contribution in [0.3, 0.4) is 0 Å². The molecule has 1 saturated heterocycles. The van der Waals surface area contributed by atoms with Gasteiger partial charge in [0.2, 0.25) is 21.8 Å². The van der Waals surface area contributed by atoms with E-state index in [-0.39, 0.29) is 29.6 Å². The minimum Gasteiger partial charge on any atom is -0.495 e. The highest BCUT2D eigenvalue weighted by atomic mass is 32.2. The minimum absolute atomic E-state index is 0.00996. The highest BCUT2D eigenvalue weighted by Gasteiger charge is 2.30. The molecule has 0 atom stereocenters. The monoisotopic (exact) mass is 535 g/mol. The first-order valence-corrected chi connectivity index (χ1v) is 14.1. The van der Waals surface area contributed by atoms with E-state index >= 15 is 0 Å². The molecule has 0 bridgehead atoms. The van der Waals surface area contributed by atoms with Crippen LogP contribution in [0.15, 0.2) is 77.7 Å². The Kier molecular flexibility index (Phi) is 8.81. The number of anilines is 1. The van der Waals surface area contributed by atoms with Crippen molar-refractivity contribution in [2.24, 2.45) is 0 Å². The molecule has 200 valence electrons. The van der Waals surface area contributed by atoms with Crippen molar-refractivity contribution in [1.82, 2.24) is 9.21 Å². The van der Waals surface area contributed by atoms with Crippen molar-refractivity contribution >= 4 is 27.5 Å². The highest BCUT2D eigenvalue weighted by molar-refractivity contribution is 7.89. The van der Waals surface area contributed by atoms with E-state index in [2.05, 4.69) is 5.32 Å². The lowest BCUT2D eigenvalue weighted by Crippen LogP contribution is -2.37.